The van der Waals surface area contributed by atoms with Crippen molar-refractivity contribution in [2.45, 2.75) is 20.8 Å². The van der Waals surface area contributed by atoms with Gasteiger partial charge in [0.1, 0.15) is 0 Å². The van der Waals surface area contributed by atoms with Gasteiger partial charge in [0.25, 0.3) is 0 Å². The number of hydrogen-bond acceptors (Lipinski definition) is 1. The van der Waals surface area contributed by atoms with Crippen LogP contribution in [0, 0.1) is 6.92 Å². The van der Waals surface area contributed by atoms with Crippen LogP contribution in [-0.4, -0.2) is 4.98 Å². The molecule has 0 saturated carbocycles. The molecule has 0 aromatic carbocycles. The minimum absolute atomic E-state index is 1.01. The summed E-state index contributed by atoms with van der Waals surface area (Å²) in [5, 5.41) is 0. The van der Waals surface area contributed by atoms with Gasteiger partial charge in [-0.05, 0) is 38.5 Å². The predicted molar refractivity (Wildman–Crippen MR) is 58.4 cm³/mol. The Bertz CT molecular complexity index is 344. The Balaban J connectivity index is 3.23. The molecule has 0 radical (unpaired) electrons. The summed E-state index contributed by atoms with van der Waals surface area (Å²) in [6.07, 6.45) is 3.91. The highest BCUT2D eigenvalue weighted by molar-refractivity contribution is 5.62. The molecule has 0 bridgehead atoms. The minimum Gasteiger partial charge on any atom is -0.253 e. The molecule has 1 rings (SSSR count). The Morgan fingerprint density at radius 2 is 2.08 bits per heavy atom. The highest BCUT2D eigenvalue weighted by atomic mass is 14.7. The van der Waals surface area contributed by atoms with Crippen LogP contribution in [0.2, 0.25) is 0 Å². The normalized spacial score (nSPS) is 9.46. The molecule has 1 heterocycles. The van der Waals surface area contributed by atoms with Crippen molar-refractivity contribution in [2.75, 3.05) is 0 Å². The first-order valence-electron chi connectivity index (χ1n) is 4.38. The first-order valence-corrected chi connectivity index (χ1v) is 4.38. The lowest BCUT2D eigenvalue weighted by Crippen LogP contribution is -1.89. The van der Waals surface area contributed by atoms with Gasteiger partial charge in [-0.25, -0.2) is 0 Å². The van der Waals surface area contributed by atoms with Crippen molar-refractivity contribution in [1.29, 1.82) is 0 Å². The van der Waals surface area contributed by atoms with Gasteiger partial charge < -0.3 is 0 Å². The quantitative estimate of drug-likeness (QED) is 0.667. The van der Waals surface area contributed by atoms with E-state index in [9.17, 15) is 0 Å². The molecule has 0 aliphatic carbocycles. The van der Waals surface area contributed by atoms with E-state index >= 15 is 0 Å². The standard InChI is InChI=1S/C12H15N/c1-5-11-7-6-10(4)13-12(11)8-9(2)3/h5-8H,1H2,2-4H3. The lowest BCUT2D eigenvalue weighted by Gasteiger charge is -2.01. The Morgan fingerprint density at radius 3 is 2.62 bits per heavy atom. The molecule has 1 nitrogen and oxygen atoms in total. The second-order valence-corrected chi connectivity index (χ2v) is 3.35. The van der Waals surface area contributed by atoms with E-state index in [1.807, 2.05) is 25.1 Å². The van der Waals surface area contributed by atoms with Crippen molar-refractivity contribution >= 4 is 12.2 Å². The van der Waals surface area contributed by atoms with Crippen LogP contribution in [-0.2, 0) is 0 Å². The summed E-state index contributed by atoms with van der Waals surface area (Å²) in [6, 6.07) is 4.05. The first-order chi connectivity index (χ1) is 6.13. The van der Waals surface area contributed by atoms with Crippen LogP contribution in [0.25, 0.3) is 12.2 Å². The van der Waals surface area contributed by atoms with Crippen molar-refractivity contribution in [3.63, 3.8) is 0 Å². The Labute approximate surface area is 79.8 Å². The molecule has 0 N–H and O–H groups in total. The van der Waals surface area contributed by atoms with Gasteiger partial charge in [0, 0.05) is 5.69 Å². The van der Waals surface area contributed by atoms with Crippen LogP contribution in [0.15, 0.2) is 24.3 Å². The van der Waals surface area contributed by atoms with Crippen molar-refractivity contribution < 1.29 is 0 Å². The minimum atomic E-state index is 1.01. The maximum Gasteiger partial charge on any atom is 0.0704 e. The van der Waals surface area contributed by atoms with E-state index < -0.39 is 0 Å². The average molecular weight is 173 g/mol. The van der Waals surface area contributed by atoms with Crippen LogP contribution in [0.5, 0.6) is 0 Å². The van der Waals surface area contributed by atoms with Gasteiger partial charge in [0.2, 0.25) is 0 Å². The molecule has 0 amide bonds. The van der Waals surface area contributed by atoms with Gasteiger partial charge in [-0.2, -0.15) is 0 Å². The van der Waals surface area contributed by atoms with E-state index in [1.54, 1.807) is 0 Å². The number of aromatic nitrogens is 1. The molecule has 0 aliphatic heterocycles. The zero-order valence-corrected chi connectivity index (χ0v) is 8.46. The average Bonchev–Trinajstić information content (AvgIpc) is 2.03. The van der Waals surface area contributed by atoms with Crippen LogP contribution >= 0.6 is 0 Å². The lowest BCUT2D eigenvalue weighted by atomic mass is 10.1. The van der Waals surface area contributed by atoms with E-state index in [1.165, 1.54) is 5.57 Å². The fourth-order valence-corrected chi connectivity index (χ4v) is 1.15. The molecule has 68 valence electrons. The molecule has 0 atom stereocenters. The number of aryl methyl sites for hydroxylation is 1. The zero-order valence-electron chi connectivity index (χ0n) is 8.46. The number of pyridine rings is 1. The van der Waals surface area contributed by atoms with Gasteiger partial charge in [0.15, 0.2) is 0 Å². The van der Waals surface area contributed by atoms with Gasteiger partial charge in [-0.15, -0.1) is 0 Å². The van der Waals surface area contributed by atoms with Crippen LogP contribution in [0.3, 0.4) is 0 Å². The zero-order chi connectivity index (χ0) is 9.84. The molecule has 0 spiro atoms. The molecule has 0 unspecified atom stereocenters. The molecular weight excluding hydrogens is 158 g/mol. The molecule has 13 heavy (non-hydrogen) atoms. The van der Waals surface area contributed by atoms with Gasteiger partial charge in [-0.1, -0.05) is 24.3 Å². The van der Waals surface area contributed by atoms with Crippen LogP contribution in [0.4, 0.5) is 0 Å². The van der Waals surface area contributed by atoms with Gasteiger partial charge in [-0.3, -0.25) is 4.98 Å². The van der Waals surface area contributed by atoms with E-state index in [2.05, 4.69) is 31.5 Å². The second-order valence-electron chi connectivity index (χ2n) is 3.35. The molecular formula is C12H15N. The van der Waals surface area contributed by atoms with Crippen molar-refractivity contribution in [3.8, 4) is 0 Å². The van der Waals surface area contributed by atoms with Crippen molar-refractivity contribution in [1.82, 2.24) is 4.98 Å². The number of hydrogen-bond donors (Lipinski definition) is 0. The maximum atomic E-state index is 4.44. The highest BCUT2D eigenvalue weighted by Crippen LogP contribution is 2.12. The summed E-state index contributed by atoms with van der Waals surface area (Å²) in [6.45, 7) is 9.89. The van der Waals surface area contributed by atoms with Crippen LogP contribution in [0.1, 0.15) is 30.8 Å². The van der Waals surface area contributed by atoms with E-state index in [-0.39, 0.29) is 0 Å². The Hall–Kier alpha value is -1.37. The summed E-state index contributed by atoms with van der Waals surface area (Å²) < 4.78 is 0. The third kappa shape index (κ3) is 2.55. The van der Waals surface area contributed by atoms with Gasteiger partial charge in [0.05, 0.1) is 5.69 Å². The SMILES string of the molecule is C=Cc1ccc(C)nc1C=C(C)C. The van der Waals surface area contributed by atoms with E-state index in [0.29, 0.717) is 0 Å². The maximum absolute atomic E-state index is 4.44. The molecule has 0 saturated heterocycles. The summed E-state index contributed by atoms with van der Waals surface area (Å²) in [4.78, 5) is 4.44. The largest absolute Gasteiger partial charge is 0.253 e. The molecule has 1 aromatic heterocycles. The number of allylic oxidation sites excluding steroid dienone is 1. The van der Waals surface area contributed by atoms with Crippen LogP contribution < -0.4 is 0 Å². The predicted octanol–water partition coefficient (Wildman–Crippen LogP) is 3.46. The lowest BCUT2D eigenvalue weighted by molar-refractivity contribution is 1.17. The number of rotatable bonds is 2. The smallest absolute Gasteiger partial charge is 0.0704 e. The van der Waals surface area contributed by atoms with Crippen molar-refractivity contribution in [3.05, 3.63) is 41.2 Å². The van der Waals surface area contributed by atoms with E-state index in [0.717, 1.165) is 17.0 Å². The fourth-order valence-electron chi connectivity index (χ4n) is 1.15. The Morgan fingerprint density at radius 1 is 1.38 bits per heavy atom. The monoisotopic (exact) mass is 173 g/mol. The molecule has 1 heteroatoms. The fraction of sp³-hybridized carbons (Fsp3) is 0.250. The molecule has 1 aromatic rings. The first kappa shape index (κ1) is 9.72. The summed E-state index contributed by atoms with van der Waals surface area (Å²) >= 11 is 0. The van der Waals surface area contributed by atoms with Crippen molar-refractivity contribution in [2.24, 2.45) is 0 Å². The molecule has 0 fully saturated rings. The second kappa shape index (κ2) is 4.04. The summed E-state index contributed by atoms with van der Waals surface area (Å²) in [7, 11) is 0. The number of nitrogens with zero attached hydrogens (tertiary/aromatic N) is 1. The highest BCUT2D eigenvalue weighted by Gasteiger charge is 1.97. The summed E-state index contributed by atoms with van der Waals surface area (Å²) in [5.74, 6) is 0. The topological polar surface area (TPSA) is 12.9 Å². The third-order valence-corrected chi connectivity index (χ3v) is 1.74. The summed E-state index contributed by atoms with van der Waals surface area (Å²) in [5.41, 5.74) is 4.39. The molecule has 0 aliphatic rings. The Kier molecular flexibility index (Phi) is 3.02. The third-order valence-electron chi connectivity index (χ3n) is 1.74. The van der Waals surface area contributed by atoms with Gasteiger partial charge >= 0.3 is 0 Å². The van der Waals surface area contributed by atoms with E-state index in [4.69, 9.17) is 0 Å².